The van der Waals surface area contributed by atoms with Crippen LogP contribution in [0.1, 0.15) is 40.9 Å². The van der Waals surface area contributed by atoms with Crippen molar-refractivity contribution >= 4 is 5.78 Å². The number of Topliss-reactive ketones (excluding diaryl/α,β-unsaturated/α-hetero) is 1. The van der Waals surface area contributed by atoms with E-state index in [0.29, 0.717) is 12.1 Å². The summed E-state index contributed by atoms with van der Waals surface area (Å²) in [6.45, 7) is 2.62. The summed E-state index contributed by atoms with van der Waals surface area (Å²) >= 11 is 0. The van der Waals surface area contributed by atoms with Crippen molar-refractivity contribution in [3.63, 3.8) is 0 Å². The zero-order chi connectivity index (χ0) is 20.9. The number of halogens is 3. The Kier molecular flexibility index (Phi) is 6.95. The van der Waals surface area contributed by atoms with Crippen LogP contribution in [-0.2, 0) is 6.18 Å². The lowest BCUT2D eigenvalue weighted by Gasteiger charge is -2.13. The number of benzene rings is 1. The average molecular weight is 397 g/mol. The highest BCUT2D eigenvalue weighted by atomic mass is 19.4. The van der Waals surface area contributed by atoms with E-state index in [9.17, 15) is 22.8 Å². The first-order valence-corrected chi connectivity index (χ1v) is 8.65. The van der Waals surface area contributed by atoms with Gasteiger partial charge in [0.05, 0.1) is 5.56 Å². The molecule has 0 bridgehead atoms. The van der Waals surface area contributed by atoms with Crippen LogP contribution in [-0.4, -0.2) is 47.9 Å². The molecule has 152 valence electrons. The third kappa shape index (κ3) is 6.19. The van der Waals surface area contributed by atoms with E-state index in [1.807, 2.05) is 19.0 Å². The fourth-order valence-electron chi connectivity index (χ4n) is 2.47. The Labute approximate surface area is 160 Å². The van der Waals surface area contributed by atoms with Crippen molar-refractivity contribution in [1.82, 2.24) is 14.9 Å². The summed E-state index contributed by atoms with van der Waals surface area (Å²) in [6, 6.07) is 5.71. The zero-order valence-electron chi connectivity index (χ0n) is 15.8. The molecule has 0 fully saturated rings. The van der Waals surface area contributed by atoms with Crippen molar-refractivity contribution in [2.24, 2.45) is 0 Å². The van der Waals surface area contributed by atoms with Crippen molar-refractivity contribution < 1.29 is 22.7 Å². The maximum atomic E-state index is 12.7. The molecule has 1 atom stereocenters. The van der Waals surface area contributed by atoms with Crippen molar-refractivity contribution in [3.8, 4) is 6.01 Å². The number of alkyl halides is 3. The second-order valence-electron chi connectivity index (χ2n) is 6.74. The van der Waals surface area contributed by atoms with Crippen molar-refractivity contribution in [3.05, 3.63) is 57.5 Å². The monoisotopic (exact) mass is 397 g/mol. The van der Waals surface area contributed by atoms with Crippen molar-refractivity contribution in [1.29, 1.82) is 0 Å². The van der Waals surface area contributed by atoms with Gasteiger partial charge in [-0.2, -0.15) is 18.2 Å². The van der Waals surface area contributed by atoms with Gasteiger partial charge in [0.1, 0.15) is 12.3 Å². The van der Waals surface area contributed by atoms with Crippen LogP contribution in [0.4, 0.5) is 13.2 Å². The van der Waals surface area contributed by atoms with Gasteiger partial charge in [0, 0.05) is 19.0 Å². The lowest BCUT2D eigenvalue weighted by molar-refractivity contribution is -0.137. The Morgan fingerprint density at radius 2 is 1.89 bits per heavy atom. The molecule has 0 aliphatic heterocycles. The van der Waals surface area contributed by atoms with Gasteiger partial charge in [-0.3, -0.25) is 14.6 Å². The molecule has 0 aliphatic rings. The van der Waals surface area contributed by atoms with Gasteiger partial charge >= 0.3 is 6.18 Å². The average Bonchev–Trinajstić information content (AvgIpc) is 2.60. The molecule has 2 aromatic rings. The normalized spacial score (nSPS) is 12.8. The fourth-order valence-corrected chi connectivity index (χ4v) is 2.47. The number of nitrogens with zero attached hydrogens (tertiary/aromatic N) is 2. The number of nitrogens with one attached hydrogen (secondary N) is 1. The van der Waals surface area contributed by atoms with E-state index in [1.54, 1.807) is 6.92 Å². The van der Waals surface area contributed by atoms with Gasteiger partial charge in [-0.15, -0.1) is 0 Å². The molecule has 0 spiro atoms. The second kappa shape index (κ2) is 9.01. The largest absolute Gasteiger partial charge is 0.463 e. The van der Waals surface area contributed by atoms with Gasteiger partial charge in [0.25, 0.3) is 11.6 Å². The van der Waals surface area contributed by atoms with E-state index >= 15 is 0 Å². The number of aromatic amines is 1. The number of H-pyrrole nitrogens is 1. The fraction of sp³-hybridized carbons (Fsp3) is 0.421. The second-order valence-corrected chi connectivity index (χ2v) is 6.74. The number of carbonyl (C=O) groups is 1. The first-order chi connectivity index (χ1) is 13.1. The number of carbonyl (C=O) groups excluding carboxylic acids is 1. The summed E-state index contributed by atoms with van der Waals surface area (Å²) in [4.78, 5) is 32.6. The first kappa shape index (κ1) is 21.6. The van der Waals surface area contributed by atoms with Crippen LogP contribution in [0.5, 0.6) is 6.01 Å². The number of ether oxygens (including phenoxy) is 1. The van der Waals surface area contributed by atoms with E-state index in [1.165, 1.54) is 12.1 Å². The number of ketones is 1. The molecule has 0 saturated carbocycles. The van der Waals surface area contributed by atoms with Crippen molar-refractivity contribution in [2.75, 3.05) is 27.2 Å². The Balaban J connectivity index is 2.07. The predicted molar refractivity (Wildman–Crippen MR) is 97.7 cm³/mol. The summed E-state index contributed by atoms with van der Waals surface area (Å²) in [7, 11) is 3.73. The van der Waals surface area contributed by atoms with Gasteiger partial charge < -0.3 is 9.64 Å². The number of aromatic nitrogens is 2. The summed E-state index contributed by atoms with van der Waals surface area (Å²) < 4.78 is 43.3. The molecular weight excluding hydrogens is 375 g/mol. The Hall–Kier alpha value is -2.68. The lowest BCUT2D eigenvalue weighted by Crippen LogP contribution is -2.22. The van der Waals surface area contributed by atoms with Crippen LogP contribution in [0.2, 0.25) is 0 Å². The standard InChI is InChI=1S/C19H22F3N3O3/c1-12(13-4-6-14(7-5-13)19(20,21)22)10-16(26)15-11-17(27)24-18(23-15)28-9-8-25(2)3/h4-7,11-12H,8-10H2,1-3H3,(H,23,24,27). The highest BCUT2D eigenvalue weighted by molar-refractivity contribution is 5.94. The molecule has 6 nitrogen and oxygen atoms in total. The molecule has 9 heteroatoms. The number of hydrogen-bond donors (Lipinski definition) is 1. The molecule has 1 heterocycles. The Morgan fingerprint density at radius 3 is 2.46 bits per heavy atom. The van der Waals surface area contributed by atoms with E-state index < -0.39 is 23.1 Å². The Bertz CT molecular complexity index is 861. The molecule has 0 saturated heterocycles. The van der Waals surface area contributed by atoms with Crippen LogP contribution >= 0.6 is 0 Å². The van der Waals surface area contributed by atoms with Gasteiger partial charge in [0.15, 0.2) is 5.78 Å². The van der Waals surface area contributed by atoms with Crippen LogP contribution in [0.25, 0.3) is 0 Å². The quantitative estimate of drug-likeness (QED) is 0.693. The highest BCUT2D eigenvalue weighted by Gasteiger charge is 2.30. The van der Waals surface area contributed by atoms with Gasteiger partial charge in [0.2, 0.25) is 0 Å². The van der Waals surface area contributed by atoms with E-state index in [2.05, 4.69) is 9.97 Å². The van der Waals surface area contributed by atoms with Gasteiger partial charge in [-0.25, -0.2) is 0 Å². The molecule has 1 N–H and O–H groups in total. The van der Waals surface area contributed by atoms with E-state index in [-0.39, 0.29) is 30.7 Å². The first-order valence-electron chi connectivity index (χ1n) is 8.65. The minimum Gasteiger partial charge on any atom is -0.463 e. The third-order valence-electron chi connectivity index (χ3n) is 4.08. The summed E-state index contributed by atoms with van der Waals surface area (Å²) in [5.41, 5.74) is -0.707. The Morgan fingerprint density at radius 1 is 1.25 bits per heavy atom. The molecule has 0 aliphatic carbocycles. The van der Waals surface area contributed by atoms with Crippen LogP contribution in [0.3, 0.4) is 0 Å². The van der Waals surface area contributed by atoms with Crippen LogP contribution in [0.15, 0.2) is 35.1 Å². The minimum absolute atomic E-state index is 0.00104. The van der Waals surface area contributed by atoms with Crippen molar-refractivity contribution in [2.45, 2.75) is 25.4 Å². The van der Waals surface area contributed by atoms with Crippen LogP contribution in [0, 0.1) is 0 Å². The van der Waals surface area contributed by atoms with Crippen LogP contribution < -0.4 is 10.3 Å². The smallest absolute Gasteiger partial charge is 0.416 e. The number of hydrogen-bond acceptors (Lipinski definition) is 5. The van der Waals surface area contributed by atoms with Gasteiger partial charge in [-0.1, -0.05) is 19.1 Å². The molecule has 2 rings (SSSR count). The zero-order valence-corrected chi connectivity index (χ0v) is 15.8. The topological polar surface area (TPSA) is 75.3 Å². The molecule has 0 amide bonds. The molecule has 28 heavy (non-hydrogen) atoms. The number of likely N-dealkylation sites (N-methyl/N-ethyl adjacent to an activating group) is 1. The maximum absolute atomic E-state index is 12.7. The summed E-state index contributed by atoms with van der Waals surface area (Å²) in [6.07, 6.45) is -4.41. The summed E-state index contributed by atoms with van der Waals surface area (Å²) in [5.74, 6) is -0.732. The molecule has 0 radical (unpaired) electrons. The minimum atomic E-state index is -4.41. The van der Waals surface area contributed by atoms with E-state index in [0.717, 1.165) is 18.2 Å². The summed E-state index contributed by atoms with van der Waals surface area (Å²) in [5, 5.41) is 0. The SMILES string of the molecule is CC(CC(=O)c1cc(=O)[nH]c(OCCN(C)C)n1)c1ccc(C(F)(F)F)cc1. The molecular formula is C19H22F3N3O3. The van der Waals surface area contributed by atoms with E-state index in [4.69, 9.17) is 4.74 Å². The maximum Gasteiger partial charge on any atom is 0.416 e. The number of rotatable bonds is 8. The third-order valence-corrected chi connectivity index (χ3v) is 4.08. The van der Waals surface area contributed by atoms with Gasteiger partial charge in [-0.05, 0) is 37.7 Å². The molecule has 1 unspecified atom stereocenters. The molecule has 1 aromatic heterocycles. The lowest BCUT2D eigenvalue weighted by atomic mass is 9.94. The predicted octanol–water partition coefficient (Wildman–Crippen LogP) is 3.11. The highest BCUT2D eigenvalue weighted by Crippen LogP contribution is 2.30. The molecule has 1 aromatic carbocycles.